The Kier molecular flexibility index (Phi) is 6.91. The molecule has 0 aromatic heterocycles. The minimum Gasteiger partial charge on any atom is -0.493 e. The zero-order valence-electron chi connectivity index (χ0n) is 18.0. The second-order valence-corrected chi connectivity index (χ2v) is 8.26. The second kappa shape index (κ2) is 9.28. The predicted octanol–water partition coefficient (Wildman–Crippen LogP) is 4.08. The summed E-state index contributed by atoms with van der Waals surface area (Å²) in [6.45, 7) is 2.51. The van der Waals surface area contributed by atoms with Gasteiger partial charge in [-0.1, -0.05) is 29.3 Å². The summed E-state index contributed by atoms with van der Waals surface area (Å²) in [6, 6.07) is 8.33. The van der Waals surface area contributed by atoms with E-state index in [9.17, 15) is 14.7 Å². The predicted molar refractivity (Wildman–Crippen MR) is 120 cm³/mol. The third-order valence-electron chi connectivity index (χ3n) is 5.43. The molecule has 0 saturated heterocycles. The van der Waals surface area contributed by atoms with Crippen molar-refractivity contribution in [3.63, 3.8) is 0 Å². The maximum absolute atomic E-state index is 13.3. The second-order valence-electron chi connectivity index (χ2n) is 7.35. The van der Waals surface area contributed by atoms with E-state index in [-0.39, 0.29) is 5.56 Å². The molecule has 0 spiro atoms. The van der Waals surface area contributed by atoms with E-state index in [1.54, 1.807) is 17.0 Å². The van der Waals surface area contributed by atoms with Gasteiger partial charge in [-0.25, -0.2) is 0 Å². The van der Waals surface area contributed by atoms with Crippen LogP contribution in [-0.4, -0.2) is 44.7 Å². The maximum Gasteiger partial charge on any atom is 0.264 e. The molecule has 1 amide bonds. The highest BCUT2D eigenvalue weighted by molar-refractivity contribution is 9.10. The van der Waals surface area contributed by atoms with Crippen molar-refractivity contribution in [1.29, 1.82) is 0 Å². The quantitative estimate of drug-likeness (QED) is 0.531. The molecule has 1 heterocycles. The lowest BCUT2D eigenvalue weighted by Gasteiger charge is -2.23. The molecule has 0 radical (unpaired) electrons. The van der Waals surface area contributed by atoms with Crippen molar-refractivity contribution in [3.05, 3.63) is 45.9 Å². The van der Waals surface area contributed by atoms with Crippen molar-refractivity contribution in [1.82, 2.24) is 0 Å². The smallest absolute Gasteiger partial charge is 0.264 e. The van der Waals surface area contributed by atoms with E-state index in [0.717, 1.165) is 17.3 Å². The molecule has 7 nitrogen and oxygen atoms in total. The summed E-state index contributed by atoms with van der Waals surface area (Å²) in [5.41, 5.74) is -0.658. The molecule has 1 atom stereocenters. The minimum absolute atomic E-state index is 0.249. The molecular weight excluding hydrogens is 466 g/mol. The third-order valence-corrected chi connectivity index (χ3v) is 5.93. The molecule has 166 valence electrons. The number of unbranched alkanes of at least 4 members (excludes halogenated alkanes) is 1. The lowest BCUT2D eigenvalue weighted by molar-refractivity contribution is -0.135. The first-order valence-electron chi connectivity index (χ1n) is 9.98. The summed E-state index contributed by atoms with van der Waals surface area (Å²) in [5, 5.41) is 11.5. The van der Waals surface area contributed by atoms with Crippen LogP contribution in [0.3, 0.4) is 0 Å². The Labute approximate surface area is 190 Å². The normalized spacial score (nSPS) is 17.5. The van der Waals surface area contributed by atoms with Gasteiger partial charge in [-0.15, -0.1) is 0 Å². The molecular formula is C23H26BrNO6. The molecule has 0 bridgehead atoms. The van der Waals surface area contributed by atoms with Gasteiger partial charge in [0.25, 0.3) is 5.91 Å². The molecule has 1 aliphatic rings. The lowest BCUT2D eigenvalue weighted by atomic mass is 9.88. The zero-order valence-corrected chi connectivity index (χ0v) is 19.6. The molecule has 31 heavy (non-hydrogen) atoms. The van der Waals surface area contributed by atoms with Gasteiger partial charge < -0.3 is 24.2 Å². The number of fused-ring (bicyclic) bond motifs is 1. The first-order valence-corrected chi connectivity index (χ1v) is 10.8. The van der Waals surface area contributed by atoms with Gasteiger partial charge in [-0.05, 0) is 36.8 Å². The van der Waals surface area contributed by atoms with Crippen LogP contribution >= 0.6 is 15.9 Å². The van der Waals surface area contributed by atoms with Crippen LogP contribution in [-0.2, 0) is 10.4 Å². The monoisotopic (exact) mass is 491 g/mol. The lowest BCUT2D eigenvalue weighted by Crippen LogP contribution is -2.42. The molecule has 1 unspecified atom stereocenters. The molecule has 0 fully saturated rings. The Morgan fingerprint density at radius 2 is 1.74 bits per heavy atom. The maximum atomic E-state index is 13.3. The number of aliphatic hydroxyl groups is 1. The summed E-state index contributed by atoms with van der Waals surface area (Å²) < 4.78 is 16.7. The van der Waals surface area contributed by atoms with E-state index < -0.39 is 23.7 Å². The van der Waals surface area contributed by atoms with Crippen molar-refractivity contribution < 1.29 is 28.9 Å². The number of nitrogens with zero attached hydrogens (tertiary/aromatic N) is 1. The van der Waals surface area contributed by atoms with Gasteiger partial charge in [0.1, 0.15) is 0 Å². The fraction of sp³-hybridized carbons (Fsp3) is 0.391. The standard InChI is InChI=1S/C23H26BrNO6/c1-5-6-9-25-17-8-7-15(24)12-16(17)23(28,22(25)27)13-18(26)14-10-19(29-2)21(31-4)20(11-14)30-3/h7-8,10-12,28H,5-6,9,13H2,1-4H3. The number of ether oxygens (including phenoxy) is 3. The molecule has 1 aliphatic heterocycles. The Morgan fingerprint density at radius 3 is 2.29 bits per heavy atom. The van der Waals surface area contributed by atoms with Crippen molar-refractivity contribution in [2.75, 3.05) is 32.8 Å². The average molecular weight is 492 g/mol. The van der Waals surface area contributed by atoms with Gasteiger partial charge >= 0.3 is 0 Å². The van der Waals surface area contributed by atoms with E-state index in [1.807, 2.05) is 13.0 Å². The number of ketones is 1. The van der Waals surface area contributed by atoms with Crippen molar-refractivity contribution in [3.8, 4) is 17.2 Å². The van der Waals surface area contributed by atoms with Gasteiger partial charge in [0, 0.05) is 22.1 Å². The van der Waals surface area contributed by atoms with Crippen LogP contribution in [0.1, 0.15) is 42.1 Å². The molecule has 3 rings (SSSR count). The largest absolute Gasteiger partial charge is 0.493 e. The zero-order chi connectivity index (χ0) is 22.8. The number of amides is 1. The molecule has 0 saturated carbocycles. The number of carbonyl (C=O) groups excluding carboxylic acids is 2. The summed E-state index contributed by atoms with van der Waals surface area (Å²) in [6.07, 6.45) is 1.28. The molecule has 1 N–H and O–H groups in total. The van der Waals surface area contributed by atoms with Crippen LogP contribution in [0, 0.1) is 0 Å². The number of Topliss-reactive ketones (excluding diaryl/α,β-unsaturated/α-hetero) is 1. The van der Waals surface area contributed by atoms with Gasteiger partial charge in [-0.3, -0.25) is 9.59 Å². The average Bonchev–Trinajstić information content (AvgIpc) is 2.97. The first-order chi connectivity index (χ1) is 14.8. The van der Waals surface area contributed by atoms with E-state index in [2.05, 4.69) is 15.9 Å². The molecule has 2 aromatic carbocycles. The number of halogens is 1. The first kappa shape index (κ1) is 23.1. The molecule has 2 aromatic rings. The van der Waals surface area contributed by atoms with Gasteiger partial charge in [0.15, 0.2) is 22.9 Å². The fourth-order valence-corrected chi connectivity index (χ4v) is 4.17. The van der Waals surface area contributed by atoms with Crippen molar-refractivity contribution in [2.45, 2.75) is 31.8 Å². The number of hydrogen-bond donors (Lipinski definition) is 1. The summed E-state index contributed by atoms with van der Waals surface area (Å²) in [7, 11) is 4.39. The van der Waals surface area contributed by atoms with Crippen LogP contribution in [0.4, 0.5) is 5.69 Å². The van der Waals surface area contributed by atoms with Gasteiger partial charge in [0.2, 0.25) is 5.75 Å². The van der Waals surface area contributed by atoms with E-state index in [4.69, 9.17) is 14.2 Å². The Balaban J connectivity index is 2.01. The summed E-state index contributed by atoms with van der Waals surface area (Å²) in [4.78, 5) is 28.0. The Hall–Kier alpha value is -2.58. The van der Waals surface area contributed by atoms with Gasteiger partial charge in [-0.2, -0.15) is 0 Å². The summed E-state index contributed by atoms with van der Waals surface area (Å²) in [5.74, 6) is 0.0933. The van der Waals surface area contributed by atoms with Gasteiger partial charge in [0.05, 0.1) is 33.4 Å². The highest BCUT2D eigenvalue weighted by atomic mass is 79.9. The van der Waals surface area contributed by atoms with E-state index in [0.29, 0.717) is 35.0 Å². The number of methoxy groups -OCH3 is 3. The Bertz CT molecular complexity index is 983. The number of benzene rings is 2. The van der Waals surface area contributed by atoms with Crippen LogP contribution < -0.4 is 19.1 Å². The topological polar surface area (TPSA) is 85.3 Å². The SMILES string of the molecule is CCCCN1C(=O)C(O)(CC(=O)c2cc(OC)c(OC)c(OC)c2)c2cc(Br)ccc21. The van der Waals surface area contributed by atoms with Crippen molar-refractivity contribution in [2.24, 2.45) is 0 Å². The fourth-order valence-electron chi connectivity index (χ4n) is 3.81. The number of anilines is 1. The minimum atomic E-state index is -1.95. The van der Waals surface area contributed by atoms with E-state index in [1.165, 1.54) is 33.5 Å². The number of carbonyl (C=O) groups is 2. The van der Waals surface area contributed by atoms with E-state index >= 15 is 0 Å². The van der Waals surface area contributed by atoms with Crippen molar-refractivity contribution >= 4 is 33.3 Å². The highest BCUT2D eigenvalue weighted by Gasteiger charge is 2.50. The Morgan fingerprint density at radius 1 is 1.10 bits per heavy atom. The van der Waals surface area contributed by atoms with Crippen LogP contribution in [0.15, 0.2) is 34.8 Å². The highest BCUT2D eigenvalue weighted by Crippen LogP contribution is 2.45. The summed E-state index contributed by atoms with van der Waals surface area (Å²) >= 11 is 3.40. The van der Waals surface area contributed by atoms with Crippen LogP contribution in [0.25, 0.3) is 0 Å². The molecule has 8 heteroatoms. The van der Waals surface area contributed by atoms with Crippen LogP contribution in [0.2, 0.25) is 0 Å². The number of hydrogen-bond acceptors (Lipinski definition) is 6. The number of rotatable bonds is 9. The van der Waals surface area contributed by atoms with Crippen LogP contribution in [0.5, 0.6) is 17.2 Å². The molecule has 0 aliphatic carbocycles. The third kappa shape index (κ3) is 4.14.